The predicted octanol–water partition coefficient (Wildman–Crippen LogP) is 6.40. The van der Waals surface area contributed by atoms with Crippen molar-refractivity contribution in [2.75, 3.05) is 63.6 Å². The number of anilines is 2. The van der Waals surface area contributed by atoms with E-state index in [1.807, 2.05) is 6.07 Å². The standard InChI is InChI=1S/C34H36ClF2N7O2S/c1-42-9-2-5-20(17-42)44-11-4-12-45-30-26-25(13-22(27(30)35)21-6-7-24(37)31-28(21)41-33(39)47-31)40-32(23(15-38)29(26)44)46-18-34-8-3-10-43(34)16-19(36)14-34/h6-7,13,19-20H,2-5,8-12,14,16-18H2,1H3,(H2,39,41)/t19-,20?,34?/m1/s1. The van der Waals surface area contributed by atoms with E-state index in [9.17, 15) is 14.0 Å². The minimum atomic E-state index is -0.900. The van der Waals surface area contributed by atoms with Crippen LogP contribution in [0.4, 0.5) is 19.6 Å². The van der Waals surface area contributed by atoms with Crippen molar-refractivity contribution < 1.29 is 18.3 Å². The third kappa shape index (κ3) is 5.14. The molecule has 246 valence electrons. The van der Waals surface area contributed by atoms with Crippen LogP contribution in [-0.4, -0.2) is 90.5 Å². The van der Waals surface area contributed by atoms with E-state index < -0.39 is 17.5 Å². The molecule has 2 aromatic carbocycles. The second-order valence-corrected chi connectivity index (χ2v) is 14.8. The number of nitrogens with two attached hydrogens (primary N) is 1. The maximum absolute atomic E-state index is 14.8. The molecule has 3 atom stereocenters. The molecule has 47 heavy (non-hydrogen) atoms. The molecule has 3 saturated heterocycles. The van der Waals surface area contributed by atoms with Crippen LogP contribution in [-0.2, 0) is 0 Å². The van der Waals surface area contributed by atoms with E-state index >= 15 is 0 Å². The van der Waals surface area contributed by atoms with Gasteiger partial charge in [0, 0.05) is 43.2 Å². The lowest BCUT2D eigenvalue weighted by Crippen LogP contribution is -2.48. The number of ether oxygens (including phenoxy) is 2. The fourth-order valence-corrected chi connectivity index (χ4v) is 9.36. The summed E-state index contributed by atoms with van der Waals surface area (Å²) in [7, 11) is 2.12. The number of hydrogen-bond acceptors (Lipinski definition) is 10. The van der Waals surface area contributed by atoms with Crippen LogP contribution in [0, 0.1) is 17.1 Å². The highest BCUT2D eigenvalue weighted by molar-refractivity contribution is 7.22. The third-order valence-corrected chi connectivity index (χ3v) is 11.6. The van der Waals surface area contributed by atoms with Gasteiger partial charge in [0.2, 0.25) is 5.88 Å². The smallest absolute Gasteiger partial charge is 0.234 e. The predicted molar refractivity (Wildman–Crippen MR) is 181 cm³/mol. The van der Waals surface area contributed by atoms with Crippen molar-refractivity contribution in [3.05, 3.63) is 34.6 Å². The molecule has 4 aliphatic rings. The Kier molecular flexibility index (Phi) is 7.79. The van der Waals surface area contributed by atoms with Crippen LogP contribution in [0.25, 0.3) is 32.2 Å². The monoisotopic (exact) mass is 679 g/mol. The first-order valence-corrected chi connectivity index (χ1v) is 17.5. The number of likely N-dealkylation sites (tertiary alicyclic amines) is 1. The number of nitrogen functional groups attached to an aromatic ring is 1. The van der Waals surface area contributed by atoms with Crippen molar-refractivity contribution in [1.29, 1.82) is 5.26 Å². The van der Waals surface area contributed by atoms with Gasteiger partial charge in [0.1, 0.15) is 36.0 Å². The summed E-state index contributed by atoms with van der Waals surface area (Å²) < 4.78 is 42.8. The maximum Gasteiger partial charge on any atom is 0.234 e. The van der Waals surface area contributed by atoms with Crippen molar-refractivity contribution in [2.45, 2.75) is 56.3 Å². The number of benzene rings is 2. The fourth-order valence-electron chi connectivity index (χ4n) is 8.29. The molecule has 0 spiro atoms. The summed E-state index contributed by atoms with van der Waals surface area (Å²) in [5, 5.41) is 12.0. The van der Waals surface area contributed by atoms with Crippen LogP contribution in [0.3, 0.4) is 0 Å². The quantitative estimate of drug-likeness (QED) is 0.257. The number of nitriles is 1. The van der Waals surface area contributed by atoms with Gasteiger partial charge in [0.15, 0.2) is 5.13 Å². The lowest BCUT2D eigenvalue weighted by atomic mass is 9.94. The van der Waals surface area contributed by atoms with Crippen molar-refractivity contribution in [3.63, 3.8) is 0 Å². The summed E-state index contributed by atoms with van der Waals surface area (Å²) in [5.41, 5.74) is 8.76. The topological polar surface area (TPSA) is 104 Å². The van der Waals surface area contributed by atoms with Gasteiger partial charge in [-0.3, -0.25) is 4.90 Å². The van der Waals surface area contributed by atoms with E-state index in [1.165, 1.54) is 6.07 Å². The first-order valence-electron chi connectivity index (χ1n) is 16.3. The summed E-state index contributed by atoms with van der Waals surface area (Å²) in [6, 6.07) is 7.49. The molecule has 0 aliphatic carbocycles. The van der Waals surface area contributed by atoms with Gasteiger partial charge in [-0.1, -0.05) is 22.9 Å². The number of piperidine rings is 1. The number of thiazole rings is 1. The molecular weight excluding hydrogens is 644 g/mol. The Morgan fingerprint density at radius 1 is 1.19 bits per heavy atom. The molecule has 0 saturated carbocycles. The summed E-state index contributed by atoms with van der Waals surface area (Å²) in [6.07, 6.45) is 4.06. The highest BCUT2D eigenvalue weighted by Gasteiger charge is 2.49. The van der Waals surface area contributed by atoms with Gasteiger partial charge < -0.3 is 25.0 Å². The van der Waals surface area contributed by atoms with Crippen LogP contribution in [0.2, 0.25) is 5.02 Å². The Hall–Kier alpha value is -3.50. The molecule has 4 aliphatic heterocycles. The van der Waals surface area contributed by atoms with Gasteiger partial charge in [-0.2, -0.15) is 5.26 Å². The molecule has 9 nitrogen and oxygen atoms in total. The number of fused-ring (bicyclic) bond motifs is 2. The Bertz CT molecular complexity index is 1930. The van der Waals surface area contributed by atoms with Crippen LogP contribution < -0.4 is 20.1 Å². The normalized spacial score (nSPS) is 25.0. The van der Waals surface area contributed by atoms with Crippen LogP contribution in [0.5, 0.6) is 11.6 Å². The fraction of sp³-hybridized carbons (Fsp3) is 0.500. The Labute approximate surface area is 280 Å². The van der Waals surface area contributed by atoms with E-state index in [1.54, 1.807) is 6.07 Å². The Balaban J connectivity index is 1.35. The van der Waals surface area contributed by atoms with Crippen LogP contribution in [0.1, 0.15) is 44.1 Å². The minimum absolute atomic E-state index is 0.157. The molecule has 2 unspecified atom stereocenters. The number of pyridine rings is 1. The molecule has 4 aromatic rings. The molecule has 2 aromatic heterocycles. The van der Waals surface area contributed by atoms with Crippen LogP contribution in [0.15, 0.2) is 18.2 Å². The van der Waals surface area contributed by atoms with E-state index in [-0.39, 0.29) is 23.7 Å². The first kappa shape index (κ1) is 30.8. The van der Waals surface area contributed by atoms with E-state index in [2.05, 4.69) is 32.8 Å². The van der Waals surface area contributed by atoms with Gasteiger partial charge in [-0.25, -0.2) is 18.7 Å². The minimum Gasteiger partial charge on any atom is -0.491 e. The van der Waals surface area contributed by atoms with Crippen molar-refractivity contribution >= 4 is 54.9 Å². The molecule has 8 rings (SSSR count). The second-order valence-electron chi connectivity index (χ2n) is 13.4. The van der Waals surface area contributed by atoms with E-state index in [4.69, 9.17) is 31.8 Å². The lowest BCUT2D eigenvalue weighted by Gasteiger charge is -2.41. The first-order chi connectivity index (χ1) is 22.8. The Morgan fingerprint density at radius 2 is 2.06 bits per heavy atom. The Morgan fingerprint density at radius 3 is 2.89 bits per heavy atom. The van der Waals surface area contributed by atoms with E-state index in [0.29, 0.717) is 86.8 Å². The summed E-state index contributed by atoms with van der Waals surface area (Å²) in [6.45, 7) is 4.46. The highest BCUT2D eigenvalue weighted by Crippen LogP contribution is 2.50. The molecule has 0 amide bonds. The van der Waals surface area contributed by atoms with Gasteiger partial charge in [0.05, 0.1) is 44.0 Å². The average Bonchev–Trinajstić information content (AvgIpc) is 3.71. The largest absolute Gasteiger partial charge is 0.491 e. The zero-order chi connectivity index (χ0) is 32.4. The molecule has 3 fully saturated rings. The summed E-state index contributed by atoms with van der Waals surface area (Å²) >= 11 is 8.31. The molecule has 6 heterocycles. The maximum atomic E-state index is 14.8. The van der Waals surface area contributed by atoms with Crippen molar-refractivity contribution in [3.8, 4) is 28.8 Å². The molecule has 13 heteroatoms. The zero-order valence-electron chi connectivity index (χ0n) is 26.2. The van der Waals surface area contributed by atoms with Gasteiger partial charge in [0.25, 0.3) is 0 Å². The highest BCUT2D eigenvalue weighted by atomic mass is 35.5. The number of halogens is 3. The third-order valence-electron chi connectivity index (χ3n) is 10.4. The van der Waals surface area contributed by atoms with Gasteiger partial charge in [-0.05, 0) is 70.4 Å². The number of alkyl halides is 1. The molecular formula is C34H36ClF2N7O2S. The van der Waals surface area contributed by atoms with Crippen molar-refractivity contribution in [2.24, 2.45) is 0 Å². The summed E-state index contributed by atoms with van der Waals surface area (Å²) in [5.74, 6) is 0.233. The summed E-state index contributed by atoms with van der Waals surface area (Å²) in [4.78, 5) is 16.3. The number of nitrogens with zero attached hydrogens (tertiary/aromatic N) is 6. The number of rotatable bonds is 5. The van der Waals surface area contributed by atoms with E-state index in [0.717, 1.165) is 56.7 Å². The number of likely N-dealkylation sites (N-methyl/N-ethyl adjacent to an activating group) is 1. The van der Waals surface area contributed by atoms with Crippen LogP contribution >= 0.6 is 22.9 Å². The van der Waals surface area contributed by atoms with Gasteiger partial charge in [-0.15, -0.1) is 0 Å². The zero-order valence-corrected chi connectivity index (χ0v) is 27.8. The molecule has 2 N–H and O–H groups in total. The lowest BCUT2D eigenvalue weighted by molar-refractivity contribution is 0.110. The second kappa shape index (κ2) is 11.9. The number of aromatic nitrogens is 2. The van der Waals surface area contributed by atoms with Crippen molar-refractivity contribution in [1.82, 2.24) is 19.8 Å². The number of hydrogen-bond donors (Lipinski definition) is 1. The molecule has 0 bridgehead atoms. The van der Waals surface area contributed by atoms with Gasteiger partial charge >= 0.3 is 0 Å². The average molecular weight is 680 g/mol. The SMILES string of the molecule is CN1CCCC(N2CCCOc3c(Cl)c(-c4ccc(F)c5sc(N)nc45)cc4nc(OCC56CCCN5C[C@H](F)C6)c(C#N)c2c34)C1. The molecule has 0 radical (unpaired) electrons.